The van der Waals surface area contributed by atoms with Gasteiger partial charge in [0.1, 0.15) is 18.0 Å². The standard InChI is InChI=1S/C20H32O3/c1-3-4-5-6-7-8-9-10-11-18-20(23-18)19(21)16-12-14-17(22-2)15-13-16/h12-15,18-21H,3-11H2,1-2H3/t18-,19?,20+/m0/s1. The van der Waals surface area contributed by atoms with Gasteiger partial charge in [-0.1, -0.05) is 70.4 Å². The number of epoxide rings is 1. The van der Waals surface area contributed by atoms with Gasteiger partial charge in [-0.25, -0.2) is 0 Å². The van der Waals surface area contributed by atoms with Crippen LogP contribution in [-0.4, -0.2) is 24.4 Å². The zero-order valence-corrected chi connectivity index (χ0v) is 14.7. The fourth-order valence-corrected chi connectivity index (χ4v) is 3.14. The van der Waals surface area contributed by atoms with Crippen molar-refractivity contribution in [1.29, 1.82) is 0 Å². The van der Waals surface area contributed by atoms with Crippen LogP contribution in [0.1, 0.15) is 76.4 Å². The summed E-state index contributed by atoms with van der Waals surface area (Å²) in [6, 6.07) is 7.60. The molecule has 3 nitrogen and oxygen atoms in total. The summed E-state index contributed by atoms with van der Waals surface area (Å²) in [5, 5.41) is 10.4. The molecule has 1 N–H and O–H groups in total. The van der Waals surface area contributed by atoms with Crippen LogP contribution in [0.15, 0.2) is 24.3 Å². The molecule has 3 heteroatoms. The van der Waals surface area contributed by atoms with Crippen LogP contribution in [0, 0.1) is 0 Å². The zero-order valence-electron chi connectivity index (χ0n) is 14.7. The van der Waals surface area contributed by atoms with E-state index in [0.29, 0.717) is 0 Å². The zero-order chi connectivity index (χ0) is 16.5. The molecule has 1 aromatic carbocycles. The molecule has 0 aliphatic carbocycles. The third-order valence-corrected chi connectivity index (χ3v) is 4.73. The second-order valence-corrected chi connectivity index (χ2v) is 6.62. The van der Waals surface area contributed by atoms with Gasteiger partial charge in [0.05, 0.1) is 13.2 Å². The second kappa shape index (κ2) is 9.94. The first-order valence-corrected chi connectivity index (χ1v) is 9.23. The van der Waals surface area contributed by atoms with Crippen LogP contribution in [0.4, 0.5) is 0 Å². The highest BCUT2D eigenvalue weighted by molar-refractivity contribution is 5.29. The Balaban J connectivity index is 1.56. The van der Waals surface area contributed by atoms with Crippen LogP contribution in [0.2, 0.25) is 0 Å². The van der Waals surface area contributed by atoms with Gasteiger partial charge in [-0.3, -0.25) is 0 Å². The normalized spacial score (nSPS) is 21.2. The first-order valence-electron chi connectivity index (χ1n) is 9.23. The molecule has 1 aliphatic rings. The van der Waals surface area contributed by atoms with Crippen LogP contribution >= 0.6 is 0 Å². The van der Waals surface area contributed by atoms with Gasteiger partial charge in [0.15, 0.2) is 0 Å². The quantitative estimate of drug-likeness (QED) is 0.434. The Bertz CT molecular complexity index is 429. The SMILES string of the molecule is CCCCCCCCCC[C@@H]1O[C@H]1C(O)c1ccc(OC)cc1. The maximum atomic E-state index is 10.4. The minimum atomic E-state index is -0.514. The summed E-state index contributed by atoms with van der Waals surface area (Å²) in [5.74, 6) is 0.813. The molecule has 0 aromatic heterocycles. The third kappa shape index (κ3) is 6.15. The lowest BCUT2D eigenvalue weighted by molar-refractivity contribution is 0.136. The Labute approximate surface area is 141 Å². The summed E-state index contributed by atoms with van der Waals surface area (Å²) in [4.78, 5) is 0. The number of unbranched alkanes of at least 4 members (excludes halogenated alkanes) is 7. The number of rotatable bonds is 12. The van der Waals surface area contributed by atoms with Crippen molar-refractivity contribution < 1.29 is 14.6 Å². The molecule has 0 bridgehead atoms. The first kappa shape index (κ1) is 18.3. The molecule has 2 rings (SSSR count). The van der Waals surface area contributed by atoms with Crippen LogP contribution in [0.3, 0.4) is 0 Å². The fraction of sp³-hybridized carbons (Fsp3) is 0.700. The van der Waals surface area contributed by atoms with Crippen molar-refractivity contribution in [2.24, 2.45) is 0 Å². The Morgan fingerprint density at radius 3 is 2.22 bits per heavy atom. The van der Waals surface area contributed by atoms with Crippen molar-refractivity contribution in [3.63, 3.8) is 0 Å². The molecule has 0 saturated carbocycles. The van der Waals surface area contributed by atoms with E-state index in [1.807, 2.05) is 24.3 Å². The highest BCUT2D eigenvalue weighted by Gasteiger charge is 2.44. The van der Waals surface area contributed by atoms with Crippen molar-refractivity contribution in [3.05, 3.63) is 29.8 Å². The van der Waals surface area contributed by atoms with E-state index in [-0.39, 0.29) is 12.2 Å². The summed E-state index contributed by atoms with van der Waals surface area (Å²) in [6.45, 7) is 2.26. The summed E-state index contributed by atoms with van der Waals surface area (Å²) in [7, 11) is 1.65. The van der Waals surface area contributed by atoms with Crippen molar-refractivity contribution in [3.8, 4) is 5.75 Å². The van der Waals surface area contributed by atoms with E-state index in [9.17, 15) is 5.11 Å². The predicted octanol–water partition coefficient (Wildman–Crippen LogP) is 5.03. The maximum absolute atomic E-state index is 10.4. The summed E-state index contributed by atoms with van der Waals surface area (Å²) >= 11 is 0. The molecule has 1 fully saturated rings. The van der Waals surface area contributed by atoms with Gasteiger partial charge in [0.25, 0.3) is 0 Å². The summed E-state index contributed by atoms with van der Waals surface area (Å²) in [6.07, 6.45) is 11.4. The summed E-state index contributed by atoms with van der Waals surface area (Å²) in [5.41, 5.74) is 0.911. The molecule has 0 radical (unpaired) electrons. The van der Waals surface area contributed by atoms with Gasteiger partial charge in [-0.05, 0) is 24.1 Å². The van der Waals surface area contributed by atoms with Crippen LogP contribution in [-0.2, 0) is 4.74 Å². The molecule has 0 amide bonds. The number of hydrogen-bond acceptors (Lipinski definition) is 3. The van der Waals surface area contributed by atoms with E-state index in [1.165, 1.54) is 51.4 Å². The number of aliphatic hydroxyl groups is 1. The number of ether oxygens (including phenoxy) is 2. The van der Waals surface area contributed by atoms with Crippen molar-refractivity contribution in [2.45, 2.75) is 83.0 Å². The lowest BCUT2D eigenvalue weighted by Gasteiger charge is -2.09. The van der Waals surface area contributed by atoms with Gasteiger partial charge in [0.2, 0.25) is 0 Å². The number of aliphatic hydroxyl groups excluding tert-OH is 1. The van der Waals surface area contributed by atoms with Crippen LogP contribution in [0.25, 0.3) is 0 Å². The minimum Gasteiger partial charge on any atom is -0.497 e. The van der Waals surface area contributed by atoms with E-state index in [4.69, 9.17) is 9.47 Å². The molecule has 3 atom stereocenters. The summed E-state index contributed by atoms with van der Waals surface area (Å²) < 4.78 is 10.8. The Kier molecular flexibility index (Phi) is 7.90. The molecule has 1 aliphatic heterocycles. The maximum Gasteiger partial charge on any atom is 0.118 e. The molecule has 1 unspecified atom stereocenters. The highest BCUT2D eigenvalue weighted by Crippen LogP contribution is 2.37. The van der Waals surface area contributed by atoms with Crippen LogP contribution < -0.4 is 4.74 Å². The largest absolute Gasteiger partial charge is 0.497 e. The Morgan fingerprint density at radius 1 is 1.00 bits per heavy atom. The third-order valence-electron chi connectivity index (χ3n) is 4.73. The molecule has 0 spiro atoms. The lowest BCUT2D eigenvalue weighted by atomic mass is 10.0. The average Bonchev–Trinajstić information content (AvgIpc) is 3.36. The Morgan fingerprint density at radius 2 is 1.61 bits per heavy atom. The van der Waals surface area contributed by atoms with E-state index < -0.39 is 6.10 Å². The number of methoxy groups -OCH3 is 1. The lowest BCUT2D eigenvalue weighted by Crippen LogP contribution is -2.08. The average molecular weight is 320 g/mol. The van der Waals surface area contributed by atoms with Crippen molar-refractivity contribution in [2.75, 3.05) is 7.11 Å². The first-order chi connectivity index (χ1) is 11.3. The fourth-order valence-electron chi connectivity index (χ4n) is 3.14. The van der Waals surface area contributed by atoms with Gasteiger partial charge < -0.3 is 14.6 Å². The number of hydrogen-bond donors (Lipinski definition) is 1. The molecular formula is C20H32O3. The van der Waals surface area contributed by atoms with Gasteiger partial charge in [0, 0.05) is 0 Å². The van der Waals surface area contributed by atoms with E-state index in [0.717, 1.165) is 17.7 Å². The molecule has 130 valence electrons. The minimum absolute atomic E-state index is 0.0204. The number of benzene rings is 1. The topological polar surface area (TPSA) is 42.0 Å². The van der Waals surface area contributed by atoms with Gasteiger partial charge >= 0.3 is 0 Å². The molecule has 23 heavy (non-hydrogen) atoms. The van der Waals surface area contributed by atoms with E-state index >= 15 is 0 Å². The molecule has 1 heterocycles. The predicted molar refractivity (Wildman–Crippen MR) is 93.8 cm³/mol. The van der Waals surface area contributed by atoms with Gasteiger partial charge in [-0.15, -0.1) is 0 Å². The van der Waals surface area contributed by atoms with Gasteiger partial charge in [-0.2, -0.15) is 0 Å². The van der Waals surface area contributed by atoms with E-state index in [2.05, 4.69) is 6.92 Å². The monoisotopic (exact) mass is 320 g/mol. The molecular weight excluding hydrogens is 288 g/mol. The van der Waals surface area contributed by atoms with Crippen LogP contribution in [0.5, 0.6) is 5.75 Å². The van der Waals surface area contributed by atoms with E-state index in [1.54, 1.807) is 7.11 Å². The smallest absolute Gasteiger partial charge is 0.118 e. The second-order valence-electron chi connectivity index (χ2n) is 6.62. The molecule has 1 saturated heterocycles. The van der Waals surface area contributed by atoms with Crippen molar-refractivity contribution in [1.82, 2.24) is 0 Å². The highest BCUT2D eigenvalue weighted by atomic mass is 16.6. The van der Waals surface area contributed by atoms with Crippen molar-refractivity contribution >= 4 is 0 Å². The Hall–Kier alpha value is -1.06. The molecule has 1 aromatic rings.